The molecule has 8 heteroatoms. The van der Waals surface area contributed by atoms with Crippen LogP contribution in [-0.4, -0.2) is 40.6 Å². The van der Waals surface area contributed by atoms with Gasteiger partial charge in [0, 0.05) is 30.1 Å². The monoisotopic (exact) mass is 400 g/mol. The van der Waals surface area contributed by atoms with Crippen LogP contribution in [0.1, 0.15) is 66.7 Å². The number of ether oxygens (including phenoxy) is 1. The molecule has 2 fully saturated rings. The van der Waals surface area contributed by atoms with Crippen molar-refractivity contribution in [1.82, 2.24) is 9.38 Å². The van der Waals surface area contributed by atoms with Gasteiger partial charge in [-0.3, -0.25) is 9.20 Å². The van der Waals surface area contributed by atoms with Gasteiger partial charge < -0.3 is 15.4 Å². The van der Waals surface area contributed by atoms with Crippen LogP contribution < -0.4 is 16.2 Å². The summed E-state index contributed by atoms with van der Waals surface area (Å²) in [5.41, 5.74) is 8.06. The van der Waals surface area contributed by atoms with Gasteiger partial charge in [-0.05, 0) is 45.4 Å². The van der Waals surface area contributed by atoms with E-state index in [1.807, 2.05) is 0 Å². The van der Waals surface area contributed by atoms with Crippen LogP contribution in [0.25, 0.3) is 5.52 Å². The van der Waals surface area contributed by atoms with Crippen molar-refractivity contribution < 1.29 is 13.9 Å². The molecule has 0 spiro atoms. The number of hydrogen-bond donors (Lipinski definition) is 1. The lowest BCUT2D eigenvalue weighted by Crippen LogP contribution is -2.33. The van der Waals surface area contributed by atoms with E-state index in [1.54, 1.807) is 6.92 Å². The van der Waals surface area contributed by atoms with Crippen LogP contribution >= 0.6 is 0 Å². The molecule has 3 aliphatic rings. The molecule has 0 amide bonds. The van der Waals surface area contributed by atoms with Gasteiger partial charge in [0.15, 0.2) is 5.82 Å². The van der Waals surface area contributed by atoms with Gasteiger partial charge in [0.1, 0.15) is 0 Å². The SMILES string of the molecule is CCOC(=O)c1nc(C2CC2)c2c3c(c(F)cn2c1=O)N1C[C@@H](N)C[C@H]1CCC3. The van der Waals surface area contributed by atoms with E-state index < -0.39 is 17.3 Å². The molecule has 2 N–H and O–H groups in total. The molecule has 0 radical (unpaired) electrons. The number of pyridine rings is 1. The first-order valence-electron chi connectivity index (χ1n) is 10.5. The maximum Gasteiger partial charge on any atom is 0.362 e. The predicted molar refractivity (Wildman–Crippen MR) is 106 cm³/mol. The number of fused-ring (bicyclic) bond motifs is 5. The Kier molecular flexibility index (Phi) is 4.34. The molecular formula is C21H25FN4O3. The molecule has 5 rings (SSSR count). The average molecular weight is 400 g/mol. The van der Waals surface area contributed by atoms with Gasteiger partial charge >= 0.3 is 5.97 Å². The summed E-state index contributed by atoms with van der Waals surface area (Å²) in [7, 11) is 0. The Hall–Kier alpha value is -2.48. The maximum atomic E-state index is 15.4. The van der Waals surface area contributed by atoms with Gasteiger partial charge in [0.25, 0.3) is 5.56 Å². The molecule has 0 unspecified atom stereocenters. The smallest absolute Gasteiger partial charge is 0.362 e. The number of anilines is 1. The minimum atomic E-state index is -0.755. The number of carbonyl (C=O) groups is 1. The summed E-state index contributed by atoms with van der Waals surface area (Å²) in [6, 6.07) is 0.252. The molecule has 29 heavy (non-hydrogen) atoms. The molecule has 1 saturated heterocycles. The van der Waals surface area contributed by atoms with Crippen LogP contribution in [0, 0.1) is 5.82 Å². The topological polar surface area (TPSA) is 89.9 Å². The van der Waals surface area contributed by atoms with Crippen molar-refractivity contribution in [2.24, 2.45) is 5.73 Å². The van der Waals surface area contributed by atoms with Crippen LogP contribution in [0.15, 0.2) is 11.0 Å². The van der Waals surface area contributed by atoms with Gasteiger partial charge in [0.2, 0.25) is 5.69 Å². The predicted octanol–water partition coefficient (Wildman–Crippen LogP) is 2.13. The zero-order valence-corrected chi connectivity index (χ0v) is 16.5. The molecule has 2 aromatic rings. The van der Waals surface area contributed by atoms with E-state index in [9.17, 15) is 9.59 Å². The van der Waals surface area contributed by atoms with E-state index in [0.29, 0.717) is 29.9 Å². The van der Waals surface area contributed by atoms with Crippen molar-refractivity contribution in [2.75, 3.05) is 18.1 Å². The van der Waals surface area contributed by atoms with Crippen LogP contribution in [0.2, 0.25) is 0 Å². The van der Waals surface area contributed by atoms with Crippen molar-refractivity contribution in [3.05, 3.63) is 39.3 Å². The largest absolute Gasteiger partial charge is 0.461 e. The number of hydrogen-bond acceptors (Lipinski definition) is 6. The third-order valence-corrected chi connectivity index (χ3v) is 6.31. The van der Waals surface area contributed by atoms with Crippen LogP contribution in [0.4, 0.5) is 10.1 Å². The molecule has 2 aromatic heterocycles. The van der Waals surface area contributed by atoms with E-state index in [0.717, 1.165) is 37.7 Å². The lowest BCUT2D eigenvalue weighted by Gasteiger charge is -2.27. The zero-order valence-electron chi connectivity index (χ0n) is 16.5. The molecule has 2 atom stereocenters. The lowest BCUT2D eigenvalue weighted by molar-refractivity contribution is 0.0516. The summed E-state index contributed by atoms with van der Waals surface area (Å²) in [6.45, 7) is 2.44. The number of nitrogens with two attached hydrogens (primary N) is 1. The van der Waals surface area contributed by atoms with Gasteiger partial charge in [0.05, 0.1) is 29.7 Å². The molecule has 0 aromatic carbocycles. The second-order valence-corrected chi connectivity index (χ2v) is 8.36. The molecule has 1 saturated carbocycles. The first kappa shape index (κ1) is 18.5. The molecule has 7 nitrogen and oxygen atoms in total. The first-order chi connectivity index (χ1) is 14.0. The van der Waals surface area contributed by atoms with Gasteiger partial charge in [-0.25, -0.2) is 14.2 Å². The van der Waals surface area contributed by atoms with E-state index >= 15 is 4.39 Å². The standard InChI is InChI=1S/C21H25FN4O3/c1-2-29-21(28)17-20(27)26-10-15(22)18-14(19(26)16(24-17)11-6-7-11)5-3-4-13-8-12(23)9-25(13)18/h10-13H,2-9,23H2,1H3/t12-,13+/m0/s1. The van der Waals surface area contributed by atoms with Crippen LogP contribution in [0.3, 0.4) is 0 Å². The normalized spacial score (nSPS) is 23.6. The number of nitrogens with zero attached hydrogens (tertiary/aromatic N) is 3. The first-order valence-corrected chi connectivity index (χ1v) is 10.5. The highest BCUT2D eigenvalue weighted by Crippen LogP contribution is 2.44. The number of halogens is 1. The Balaban J connectivity index is 1.80. The summed E-state index contributed by atoms with van der Waals surface area (Å²) < 4.78 is 21.7. The molecule has 1 aliphatic carbocycles. The summed E-state index contributed by atoms with van der Waals surface area (Å²) in [5.74, 6) is -1.01. The molecule has 2 aliphatic heterocycles. The van der Waals surface area contributed by atoms with E-state index in [1.165, 1.54) is 10.6 Å². The fourth-order valence-corrected chi connectivity index (χ4v) is 4.95. The minimum absolute atomic E-state index is 0.0241. The summed E-state index contributed by atoms with van der Waals surface area (Å²) in [4.78, 5) is 31.9. The zero-order chi connectivity index (χ0) is 20.3. The van der Waals surface area contributed by atoms with Crippen molar-refractivity contribution >= 4 is 17.2 Å². The highest BCUT2D eigenvalue weighted by atomic mass is 19.1. The Morgan fingerprint density at radius 2 is 2.17 bits per heavy atom. The van der Waals surface area contributed by atoms with Crippen molar-refractivity contribution in [3.63, 3.8) is 0 Å². The van der Waals surface area contributed by atoms with Gasteiger partial charge in [-0.2, -0.15) is 0 Å². The van der Waals surface area contributed by atoms with Crippen molar-refractivity contribution in [2.45, 2.75) is 63.5 Å². The Labute approximate surface area is 167 Å². The van der Waals surface area contributed by atoms with Gasteiger partial charge in [-0.1, -0.05) is 0 Å². The second-order valence-electron chi connectivity index (χ2n) is 8.36. The molecule has 154 valence electrons. The second kappa shape index (κ2) is 6.79. The average Bonchev–Trinajstić information content (AvgIpc) is 3.47. The number of carbonyl (C=O) groups excluding carboxylic acids is 1. The Bertz CT molecular complexity index is 1060. The van der Waals surface area contributed by atoms with Crippen LogP contribution in [0.5, 0.6) is 0 Å². The van der Waals surface area contributed by atoms with E-state index in [4.69, 9.17) is 10.5 Å². The molecular weight excluding hydrogens is 375 g/mol. The van der Waals surface area contributed by atoms with Crippen LogP contribution in [-0.2, 0) is 11.2 Å². The summed E-state index contributed by atoms with van der Waals surface area (Å²) in [5, 5.41) is 0. The lowest BCUT2D eigenvalue weighted by atomic mass is 10.0. The maximum absolute atomic E-state index is 15.4. The molecule has 4 heterocycles. The third-order valence-electron chi connectivity index (χ3n) is 6.31. The fourth-order valence-electron chi connectivity index (χ4n) is 4.95. The molecule has 0 bridgehead atoms. The number of rotatable bonds is 3. The quantitative estimate of drug-likeness (QED) is 0.794. The minimum Gasteiger partial charge on any atom is -0.461 e. The Morgan fingerprint density at radius 1 is 1.38 bits per heavy atom. The summed E-state index contributed by atoms with van der Waals surface area (Å²) >= 11 is 0. The Morgan fingerprint density at radius 3 is 2.90 bits per heavy atom. The van der Waals surface area contributed by atoms with E-state index in [-0.39, 0.29) is 30.3 Å². The van der Waals surface area contributed by atoms with Gasteiger partial charge in [-0.15, -0.1) is 0 Å². The fraction of sp³-hybridized carbons (Fsp3) is 0.571. The highest BCUT2D eigenvalue weighted by molar-refractivity contribution is 5.88. The third kappa shape index (κ3) is 2.92. The van der Waals surface area contributed by atoms with Crippen molar-refractivity contribution in [1.29, 1.82) is 0 Å². The van der Waals surface area contributed by atoms with E-state index in [2.05, 4.69) is 9.88 Å². The summed E-state index contributed by atoms with van der Waals surface area (Å²) in [6.07, 6.45) is 6.51. The van der Waals surface area contributed by atoms with Crippen molar-refractivity contribution in [3.8, 4) is 0 Å². The highest BCUT2D eigenvalue weighted by Gasteiger charge is 2.38. The number of aromatic nitrogens is 2. The number of aryl methyl sites for hydroxylation is 1. The number of esters is 1.